The summed E-state index contributed by atoms with van der Waals surface area (Å²) in [4.78, 5) is 19.1. The average molecular weight is 435 g/mol. The van der Waals surface area contributed by atoms with Crippen molar-refractivity contribution in [2.75, 3.05) is 20.1 Å². The Bertz CT molecular complexity index is 892. The first-order chi connectivity index (χ1) is 15.7. The monoisotopic (exact) mass is 434 g/mol. The molecule has 4 rings (SSSR count). The van der Waals surface area contributed by atoms with Crippen molar-refractivity contribution in [2.45, 2.75) is 51.3 Å². The highest BCUT2D eigenvalue weighted by atomic mass is 16.5. The Morgan fingerprint density at radius 3 is 2.50 bits per heavy atom. The normalized spacial score (nSPS) is 19.2. The molecule has 0 radical (unpaired) electrons. The number of hydrogen-bond donors (Lipinski definition) is 2. The van der Waals surface area contributed by atoms with Gasteiger partial charge in [-0.05, 0) is 42.5 Å². The van der Waals surface area contributed by atoms with E-state index in [4.69, 9.17) is 4.74 Å². The molecule has 6 heteroatoms. The van der Waals surface area contributed by atoms with Gasteiger partial charge in [0.25, 0.3) is 0 Å². The van der Waals surface area contributed by atoms with Crippen LogP contribution in [0.25, 0.3) is 0 Å². The summed E-state index contributed by atoms with van der Waals surface area (Å²) in [6, 6.07) is 18.6. The highest BCUT2D eigenvalue weighted by Gasteiger charge is 2.32. The molecular weight excluding hydrogens is 400 g/mol. The molecule has 170 valence electrons. The maximum absolute atomic E-state index is 12.7. The molecule has 1 amide bonds. The molecule has 2 fully saturated rings. The predicted octanol–water partition coefficient (Wildman–Crippen LogP) is 3.72. The van der Waals surface area contributed by atoms with Crippen LogP contribution in [0, 0.1) is 5.92 Å². The largest absolute Gasteiger partial charge is 0.489 e. The number of aliphatic imine (C=N–C) groups is 1. The van der Waals surface area contributed by atoms with Crippen molar-refractivity contribution in [2.24, 2.45) is 10.9 Å². The van der Waals surface area contributed by atoms with Crippen LogP contribution in [0.4, 0.5) is 0 Å². The Balaban J connectivity index is 1.20. The molecule has 1 aliphatic carbocycles. The third-order valence-corrected chi connectivity index (χ3v) is 6.40. The molecule has 0 bridgehead atoms. The van der Waals surface area contributed by atoms with E-state index in [1.165, 1.54) is 12.8 Å². The second kappa shape index (κ2) is 11.0. The molecule has 1 heterocycles. The quantitative estimate of drug-likeness (QED) is 0.515. The minimum atomic E-state index is 0.250. The summed E-state index contributed by atoms with van der Waals surface area (Å²) >= 11 is 0. The number of carbonyl (C=O) groups is 1. The van der Waals surface area contributed by atoms with Crippen LogP contribution in [0.1, 0.15) is 43.2 Å². The Morgan fingerprint density at radius 2 is 1.78 bits per heavy atom. The summed E-state index contributed by atoms with van der Waals surface area (Å²) in [6.45, 7) is 2.85. The first-order valence-electron chi connectivity index (χ1n) is 11.7. The van der Waals surface area contributed by atoms with Crippen molar-refractivity contribution in [3.63, 3.8) is 0 Å². The van der Waals surface area contributed by atoms with E-state index in [9.17, 15) is 4.79 Å². The highest BCUT2D eigenvalue weighted by molar-refractivity contribution is 5.81. The molecule has 2 N–H and O–H groups in total. The van der Waals surface area contributed by atoms with Crippen molar-refractivity contribution in [1.29, 1.82) is 0 Å². The van der Waals surface area contributed by atoms with E-state index in [0.29, 0.717) is 19.1 Å². The average Bonchev–Trinajstić information content (AvgIpc) is 3.54. The van der Waals surface area contributed by atoms with E-state index >= 15 is 0 Å². The first kappa shape index (κ1) is 22.2. The summed E-state index contributed by atoms with van der Waals surface area (Å²) in [5.41, 5.74) is 2.31. The standard InChI is InChI=1S/C26H34N4O2/c1-27-26(29-23-15-16-30(18-23)25(31)22-9-5-6-10-22)28-17-20-11-13-24(14-12-20)32-19-21-7-3-2-4-8-21/h2-4,7-8,11-14,22-23H,5-6,9-10,15-19H2,1H3,(H2,27,28,29). The van der Waals surface area contributed by atoms with Crippen LogP contribution >= 0.6 is 0 Å². The van der Waals surface area contributed by atoms with Gasteiger partial charge in [0.2, 0.25) is 5.91 Å². The zero-order valence-electron chi connectivity index (χ0n) is 18.9. The Kier molecular flexibility index (Phi) is 7.64. The smallest absolute Gasteiger partial charge is 0.225 e. The van der Waals surface area contributed by atoms with Crippen molar-refractivity contribution >= 4 is 11.9 Å². The Morgan fingerprint density at radius 1 is 1.03 bits per heavy atom. The summed E-state index contributed by atoms with van der Waals surface area (Å²) in [5.74, 6) is 2.24. The molecule has 6 nitrogen and oxygen atoms in total. The molecule has 32 heavy (non-hydrogen) atoms. The second-order valence-corrected chi connectivity index (χ2v) is 8.74. The van der Waals surface area contributed by atoms with Gasteiger partial charge in [-0.1, -0.05) is 55.3 Å². The summed E-state index contributed by atoms with van der Waals surface area (Å²) in [6.07, 6.45) is 5.48. The molecule has 1 saturated carbocycles. The van der Waals surface area contributed by atoms with Gasteiger partial charge in [-0.15, -0.1) is 0 Å². The molecule has 0 spiro atoms. The number of hydrogen-bond acceptors (Lipinski definition) is 3. The molecule has 2 aromatic carbocycles. The molecule has 1 unspecified atom stereocenters. The number of likely N-dealkylation sites (tertiary alicyclic amines) is 1. The van der Waals surface area contributed by atoms with Crippen LogP contribution in [0.3, 0.4) is 0 Å². The molecule has 2 aromatic rings. The van der Waals surface area contributed by atoms with Gasteiger partial charge in [-0.25, -0.2) is 0 Å². The van der Waals surface area contributed by atoms with Gasteiger partial charge < -0.3 is 20.3 Å². The maximum Gasteiger partial charge on any atom is 0.225 e. The van der Waals surface area contributed by atoms with E-state index in [2.05, 4.69) is 39.9 Å². The van der Waals surface area contributed by atoms with Crippen LogP contribution in [0.2, 0.25) is 0 Å². The first-order valence-corrected chi connectivity index (χ1v) is 11.7. The highest BCUT2D eigenvalue weighted by Crippen LogP contribution is 2.27. The van der Waals surface area contributed by atoms with Gasteiger partial charge in [0.05, 0.1) is 0 Å². The summed E-state index contributed by atoms with van der Waals surface area (Å²) < 4.78 is 5.86. The van der Waals surface area contributed by atoms with E-state index in [-0.39, 0.29) is 12.0 Å². The van der Waals surface area contributed by atoms with Gasteiger partial charge in [0.15, 0.2) is 5.96 Å². The number of guanidine groups is 1. The zero-order valence-corrected chi connectivity index (χ0v) is 18.9. The van der Waals surface area contributed by atoms with Gasteiger partial charge in [-0.2, -0.15) is 0 Å². The van der Waals surface area contributed by atoms with Crippen LogP contribution < -0.4 is 15.4 Å². The fourth-order valence-corrected chi connectivity index (χ4v) is 4.53. The maximum atomic E-state index is 12.7. The fourth-order valence-electron chi connectivity index (χ4n) is 4.53. The number of amides is 1. The Hall–Kier alpha value is -3.02. The number of carbonyl (C=O) groups excluding carboxylic acids is 1. The van der Waals surface area contributed by atoms with Crippen molar-refractivity contribution in [3.05, 3.63) is 65.7 Å². The van der Waals surface area contributed by atoms with Crippen molar-refractivity contribution in [1.82, 2.24) is 15.5 Å². The lowest BCUT2D eigenvalue weighted by Crippen LogP contribution is -2.45. The minimum absolute atomic E-state index is 0.250. The number of rotatable bonds is 7. The number of nitrogens with one attached hydrogen (secondary N) is 2. The molecule has 1 atom stereocenters. The van der Waals surface area contributed by atoms with Crippen LogP contribution in [0.5, 0.6) is 5.75 Å². The topological polar surface area (TPSA) is 66.0 Å². The van der Waals surface area contributed by atoms with Crippen molar-refractivity contribution < 1.29 is 9.53 Å². The molecule has 1 saturated heterocycles. The van der Waals surface area contributed by atoms with Gasteiger partial charge in [-0.3, -0.25) is 9.79 Å². The summed E-state index contributed by atoms with van der Waals surface area (Å²) in [7, 11) is 1.78. The Labute approximate surface area is 191 Å². The van der Waals surface area contributed by atoms with Gasteiger partial charge in [0.1, 0.15) is 12.4 Å². The molecular formula is C26H34N4O2. The molecule has 0 aromatic heterocycles. The fraction of sp³-hybridized carbons (Fsp3) is 0.462. The van der Waals surface area contributed by atoms with Gasteiger partial charge >= 0.3 is 0 Å². The lowest BCUT2D eigenvalue weighted by molar-refractivity contribution is -0.134. The summed E-state index contributed by atoms with van der Waals surface area (Å²) in [5, 5.41) is 6.87. The second-order valence-electron chi connectivity index (χ2n) is 8.74. The van der Waals surface area contributed by atoms with Crippen LogP contribution in [-0.4, -0.2) is 42.9 Å². The van der Waals surface area contributed by atoms with Gasteiger partial charge in [0, 0.05) is 38.6 Å². The number of benzene rings is 2. The number of nitrogens with zero attached hydrogens (tertiary/aromatic N) is 2. The lowest BCUT2D eigenvalue weighted by Gasteiger charge is -2.21. The third kappa shape index (κ3) is 6.02. The van der Waals surface area contributed by atoms with Crippen LogP contribution in [0.15, 0.2) is 59.6 Å². The minimum Gasteiger partial charge on any atom is -0.489 e. The molecule has 2 aliphatic rings. The SMILES string of the molecule is CN=C(NCc1ccc(OCc2ccccc2)cc1)NC1CCN(C(=O)C2CCCC2)C1. The number of ether oxygens (including phenoxy) is 1. The van der Waals surface area contributed by atoms with E-state index in [0.717, 1.165) is 55.2 Å². The lowest BCUT2D eigenvalue weighted by atomic mass is 10.1. The van der Waals surface area contributed by atoms with E-state index < -0.39 is 0 Å². The van der Waals surface area contributed by atoms with Crippen molar-refractivity contribution in [3.8, 4) is 5.75 Å². The predicted molar refractivity (Wildman–Crippen MR) is 127 cm³/mol. The zero-order chi connectivity index (χ0) is 22.2. The van der Waals surface area contributed by atoms with Crippen LogP contribution in [-0.2, 0) is 17.9 Å². The molecule has 1 aliphatic heterocycles. The van der Waals surface area contributed by atoms with E-state index in [1.807, 2.05) is 35.2 Å². The third-order valence-electron chi connectivity index (χ3n) is 6.40. The van der Waals surface area contributed by atoms with E-state index in [1.54, 1.807) is 7.05 Å².